The molecule has 1 aromatic carbocycles. The lowest BCUT2D eigenvalue weighted by molar-refractivity contribution is -0.143. The average Bonchev–Trinajstić information content (AvgIpc) is 2.35. The van der Waals surface area contributed by atoms with Crippen LogP contribution in [0.15, 0.2) is 24.3 Å². The average molecular weight is 241 g/mol. The third-order valence-corrected chi connectivity index (χ3v) is 2.17. The number of likely N-dealkylation sites (N-methyl/N-ethyl adjacent to an activating group) is 1. The summed E-state index contributed by atoms with van der Waals surface area (Å²) >= 11 is 0. The third-order valence-electron chi connectivity index (χ3n) is 2.17. The van der Waals surface area contributed by atoms with Crippen molar-refractivity contribution >= 4 is 5.97 Å². The van der Waals surface area contributed by atoms with E-state index in [-0.39, 0.29) is 18.4 Å². The van der Waals surface area contributed by atoms with Crippen molar-refractivity contribution in [3.05, 3.63) is 30.1 Å². The molecule has 4 nitrogen and oxygen atoms in total. The minimum atomic E-state index is -0.518. The van der Waals surface area contributed by atoms with E-state index in [1.54, 1.807) is 0 Å². The van der Waals surface area contributed by atoms with Crippen LogP contribution >= 0.6 is 0 Å². The Bertz CT molecular complexity index is 353. The Hall–Kier alpha value is -1.62. The van der Waals surface area contributed by atoms with Gasteiger partial charge in [-0.15, -0.1) is 0 Å². The number of hydrogen-bond acceptors (Lipinski definition) is 4. The van der Waals surface area contributed by atoms with Gasteiger partial charge in [-0.3, -0.25) is 4.79 Å². The van der Waals surface area contributed by atoms with Gasteiger partial charge in [0.05, 0.1) is 7.11 Å². The van der Waals surface area contributed by atoms with Crippen molar-refractivity contribution < 1.29 is 18.7 Å². The van der Waals surface area contributed by atoms with Gasteiger partial charge in [-0.2, -0.15) is 0 Å². The van der Waals surface area contributed by atoms with Gasteiger partial charge in [-0.25, -0.2) is 4.39 Å². The van der Waals surface area contributed by atoms with Crippen LogP contribution in [0.2, 0.25) is 0 Å². The summed E-state index contributed by atoms with van der Waals surface area (Å²) in [6.45, 7) is 2.66. The molecule has 0 amide bonds. The molecule has 94 valence electrons. The lowest BCUT2D eigenvalue weighted by Crippen LogP contribution is -2.42. The second-order valence-electron chi connectivity index (χ2n) is 3.40. The van der Waals surface area contributed by atoms with Crippen molar-refractivity contribution in [2.24, 2.45) is 0 Å². The maximum absolute atomic E-state index is 12.6. The van der Waals surface area contributed by atoms with E-state index >= 15 is 0 Å². The molecule has 17 heavy (non-hydrogen) atoms. The number of ether oxygens (including phenoxy) is 2. The molecule has 1 N–H and O–H groups in total. The van der Waals surface area contributed by atoms with Gasteiger partial charge in [-0.1, -0.05) is 6.92 Å². The largest absolute Gasteiger partial charge is 0.491 e. The molecular formula is C12H16FNO3. The van der Waals surface area contributed by atoms with Gasteiger partial charge in [-0.05, 0) is 30.8 Å². The number of carbonyl (C=O) groups excluding carboxylic acids is 1. The van der Waals surface area contributed by atoms with Gasteiger partial charge in [0.2, 0.25) is 0 Å². The van der Waals surface area contributed by atoms with Gasteiger partial charge >= 0.3 is 5.97 Å². The first kappa shape index (κ1) is 13.4. The van der Waals surface area contributed by atoms with Crippen LogP contribution < -0.4 is 10.1 Å². The fourth-order valence-corrected chi connectivity index (χ4v) is 1.31. The first-order valence-electron chi connectivity index (χ1n) is 5.37. The predicted octanol–water partition coefficient (Wildman–Crippen LogP) is 1.36. The summed E-state index contributed by atoms with van der Waals surface area (Å²) < 4.78 is 22.6. The van der Waals surface area contributed by atoms with Crippen molar-refractivity contribution in [2.75, 3.05) is 20.3 Å². The van der Waals surface area contributed by atoms with E-state index in [4.69, 9.17) is 4.74 Å². The second-order valence-corrected chi connectivity index (χ2v) is 3.40. The molecule has 0 saturated heterocycles. The van der Waals surface area contributed by atoms with E-state index in [9.17, 15) is 9.18 Å². The maximum atomic E-state index is 12.6. The van der Waals surface area contributed by atoms with Gasteiger partial charge < -0.3 is 14.8 Å². The van der Waals surface area contributed by atoms with Crippen LogP contribution in [0.4, 0.5) is 4.39 Å². The molecule has 0 fully saturated rings. The number of esters is 1. The lowest BCUT2D eigenvalue weighted by atomic mass is 10.3. The van der Waals surface area contributed by atoms with E-state index in [0.717, 1.165) is 0 Å². The number of nitrogens with one attached hydrogen (secondary N) is 1. The second kappa shape index (κ2) is 6.85. The minimum absolute atomic E-state index is 0.145. The van der Waals surface area contributed by atoms with Crippen LogP contribution in [0.5, 0.6) is 5.75 Å². The molecule has 1 atom stereocenters. The smallest absolute Gasteiger partial charge is 0.326 e. The Balaban J connectivity index is 2.51. The molecule has 1 aromatic rings. The fraction of sp³-hybridized carbons (Fsp3) is 0.417. The molecule has 0 aliphatic heterocycles. The van der Waals surface area contributed by atoms with Crippen molar-refractivity contribution in [1.82, 2.24) is 5.32 Å². The van der Waals surface area contributed by atoms with Crippen LogP contribution in [0.3, 0.4) is 0 Å². The van der Waals surface area contributed by atoms with Gasteiger partial charge in [0.15, 0.2) is 0 Å². The maximum Gasteiger partial charge on any atom is 0.326 e. The highest BCUT2D eigenvalue weighted by atomic mass is 19.1. The summed E-state index contributed by atoms with van der Waals surface area (Å²) in [5.74, 6) is -0.194. The molecule has 0 aromatic heterocycles. The van der Waals surface area contributed by atoms with Crippen LogP contribution in [0.25, 0.3) is 0 Å². The zero-order valence-electron chi connectivity index (χ0n) is 9.90. The van der Waals surface area contributed by atoms with Gasteiger partial charge in [0.25, 0.3) is 0 Å². The number of benzene rings is 1. The zero-order valence-corrected chi connectivity index (χ0v) is 9.90. The Kier molecular flexibility index (Phi) is 5.42. The van der Waals surface area contributed by atoms with Gasteiger partial charge in [0, 0.05) is 0 Å². The van der Waals surface area contributed by atoms with Crippen molar-refractivity contribution in [1.29, 1.82) is 0 Å². The summed E-state index contributed by atoms with van der Waals surface area (Å²) in [6, 6.07) is 5.10. The summed E-state index contributed by atoms with van der Waals surface area (Å²) in [4.78, 5) is 11.4. The Morgan fingerprint density at radius 1 is 1.41 bits per heavy atom. The lowest BCUT2D eigenvalue weighted by Gasteiger charge is -2.16. The first-order chi connectivity index (χ1) is 8.17. The molecule has 0 heterocycles. The minimum Gasteiger partial charge on any atom is -0.491 e. The van der Waals surface area contributed by atoms with Crippen LogP contribution in [-0.4, -0.2) is 32.3 Å². The first-order valence-corrected chi connectivity index (χ1v) is 5.37. The number of carbonyl (C=O) groups is 1. The summed E-state index contributed by atoms with van der Waals surface area (Å²) in [5, 5.41) is 2.94. The molecule has 0 saturated carbocycles. The SMILES string of the molecule is CCNC(COc1ccc(F)cc1)C(=O)OC. The van der Waals surface area contributed by atoms with Gasteiger partial charge in [0.1, 0.15) is 24.2 Å². The third kappa shape index (κ3) is 4.40. The zero-order chi connectivity index (χ0) is 12.7. The molecule has 0 aliphatic carbocycles. The van der Waals surface area contributed by atoms with Crippen LogP contribution in [-0.2, 0) is 9.53 Å². The number of rotatable bonds is 6. The predicted molar refractivity (Wildman–Crippen MR) is 61.4 cm³/mol. The molecule has 0 spiro atoms. The highest BCUT2D eigenvalue weighted by molar-refractivity contribution is 5.75. The summed E-state index contributed by atoms with van der Waals surface area (Å²) in [5.41, 5.74) is 0. The Morgan fingerprint density at radius 3 is 2.59 bits per heavy atom. The highest BCUT2D eigenvalue weighted by Gasteiger charge is 2.18. The van der Waals surface area contributed by atoms with Crippen molar-refractivity contribution in [2.45, 2.75) is 13.0 Å². The molecule has 5 heteroatoms. The van der Waals surface area contributed by atoms with E-state index < -0.39 is 6.04 Å². The molecule has 1 rings (SSSR count). The molecule has 0 bridgehead atoms. The molecule has 0 radical (unpaired) electrons. The summed E-state index contributed by atoms with van der Waals surface area (Å²) in [6.07, 6.45) is 0. The normalized spacial score (nSPS) is 11.9. The quantitative estimate of drug-likeness (QED) is 0.764. The topological polar surface area (TPSA) is 47.6 Å². The highest BCUT2D eigenvalue weighted by Crippen LogP contribution is 2.11. The Labute approximate surface area is 99.7 Å². The van der Waals surface area contributed by atoms with E-state index in [1.807, 2.05) is 6.92 Å². The van der Waals surface area contributed by atoms with Crippen LogP contribution in [0, 0.1) is 5.82 Å². The van der Waals surface area contributed by atoms with E-state index in [1.165, 1.54) is 31.4 Å². The standard InChI is InChI=1S/C12H16FNO3/c1-3-14-11(12(15)16-2)8-17-10-6-4-9(13)5-7-10/h4-7,11,14H,3,8H2,1-2H3. The summed E-state index contributed by atoms with van der Waals surface area (Å²) in [7, 11) is 1.32. The number of methoxy groups -OCH3 is 1. The van der Waals surface area contributed by atoms with Crippen molar-refractivity contribution in [3.63, 3.8) is 0 Å². The number of halogens is 1. The van der Waals surface area contributed by atoms with Crippen molar-refractivity contribution in [3.8, 4) is 5.75 Å². The van der Waals surface area contributed by atoms with Crippen LogP contribution in [0.1, 0.15) is 6.92 Å². The fourth-order valence-electron chi connectivity index (χ4n) is 1.31. The molecule has 1 unspecified atom stereocenters. The van der Waals surface area contributed by atoms with E-state index in [2.05, 4.69) is 10.1 Å². The Morgan fingerprint density at radius 2 is 2.06 bits per heavy atom. The monoisotopic (exact) mass is 241 g/mol. The number of hydrogen-bond donors (Lipinski definition) is 1. The molecular weight excluding hydrogens is 225 g/mol. The van der Waals surface area contributed by atoms with E-state index in [0.29, 0.717) is 12.3 Å². The molecule has 0 aliphatic rings.